The van der Waals surface area contributed by atoms with Gasteiger partial charge in [0.05, 0.1) is 7.11 Å². The zero-order valence-corrected chi connectivity index (χ0v) is 11.0. The summed E-state index contributed by atoms with van der Waals surface area (Å²) in [5.41, 5.74) is 0.312. The summed E-state index contributed by atoms with van der Waals surface area (Å²) in [5.74, 6) is -1.08. The smallest absolute Gasteiger partial charge is 0.331 e. The molecular formula is C13H17NO5. The van der Waals surface area contributed by atoms with E-state index in [2.05, 4.69) is 0 Å². The fourth-order valence-electron chi connectivity index (χ4n) is 1.80. The van der Waals surface area contributed by atoms with Gasteiger partial charge < -0.3 is 19.8 Å². The normalized spacial score (nSPS) is 12.0. The van der Waals surface area contributed by atoms with Gasteiger partial charge in [0.15, 0.2) is 17.5 Å². The lowest BCUT2D eigenvalue weighted by Gasteiger charge is -2.29. The van der Waals surface area contributed by atoms with Crippen LogP contribution >= 0.6 is 0 Å². The molecule has 0 fully saturated rings. The predicted octanol–water partition coefficient (Wildman–Crippen LogP) is 1.39. The third-order valence-corrected chi connectivity index (χ3v) is 2.77. The molecule has 19 heavy (non-hydrogen) atoms. The van der Waals surface area contributed by atoms with Crippen LogP contribution in [0, 0.1) is 0 Å². The number of rotatable bonds is 6. The number of nitrogens with zero attached hydrogens (tertiary/aromatic N) is 1. The van der Waals surface area contributed by atoms with Crippen LogP contribution in [0.4, 0.5) is 0 Å². The Hall–Kier alpha value is -2.24. The van der Waals surface area contributed by atoms with E-state index in [0.29, 0.717) is 12.0 Å². The minimum absolute atomic E-state index is 0.166. The van der Waals surface area contributed by atoms with Gasteiger partial charge in [-0.3, -0.25) is 4.79 Å². The molecule has 0 aliphatic heterocycles. The summed E-state index contributed by atoms with van der Waals surface area (Å²) in [7, 11) is 1.40. The van der Waals surface area contributed by atoms with E-state index in [4.69, 9.17) is 4.74 Å². The lowest BCUT2D eigenvalue weighted by Crippen LogP contribution is -2.38. The van der Waals surface area contributed by atoms with Gasteiger partial charge in [-0.2, -0.15) is 0 Å². The van der Waals surface area contributed by atoms with Gasteiger partial charge in [0.25, 0.3) is 0 Å². The lowest BCUT2D eigenvalue weighted by atomic mass is 10.0. The number of ether oxygens (including phenoxy) is 1. The highest BCUT2D eigenvalue weighted by Gasteiger charge is 2.29. The van der Waals surface area contributed by atoms with Crippen molar-refractivity contribution < 1.29 is 24.5 Å². The summed E-state index contributed by atoms with van der Waals surface area (Å²) in [6.45, 7) is 3.43. The quantitative estimate of drug-likeness (QED) is 0.761. The molecular weight excluding hydrogens is 250 g/mol. The first-order valence-corrected chi connectivity index (χ1v) is 5.74. The number of hydrogen-bond donors (Lipinski definition) is 2. The summed E-state index contributed by atoms with van der Waals surface area (Å²) in [5, 5.41) is 19.0. The fourth-order valence-corrected chi connectivity index (χ4v) is 1.80. The Morgan fingerprint density at radius 3 is 2.42 bits per heavy atom. The topological polar surface area (TPSA) is 87.1 Å². The average molecular weight is 267 g/mol. The van der Waals surface area contributed by atoms with Crippen molar-refractivity contribution in [1.82, 2.24) is 4.90 Å². The minimum atomic E-state index is -1.16. The SMILES string of the molecule is COc1ccc(C(C(=O)O)N(C=O)C(C)C)cc1O. The summed E-state index contributed by atoms with van der Waals surface area (Å²) < 4.78 is 4.89. The molecule has 0 radical (unpaired) electrons. The number of amides is 1. The molecule has 0 bridgehead atoms. The predicted molar refractivity (Wildman–Crippen MR) is 68.1 cm³/mol. The van der Waals surface area contributed by atoms with E-state index in [9.17, 15) is 19.8 Å². The fraction of sp³-hybridized carbons (Fsp3) is 0.385. The molecule has 0 aromatic heterocycles. The van der Waals surface area contributed by atoms with Crippen molar-refractivity contribution in [3.63, 3.8) is 0 Å². The molecule has 1 aromatic carbocycles. The first-order valence-electron chi connectivity index (χ1n) is 5.74. The van der Waals surface area contributed by atoms with Crippen molar-refractivity contribution in [2.45, 2.75) is 25.9 Å². The van der Waals surface area contributed by atoms with E-state index in [1.54, 1.807) is 13.8 Å². The summed E-state index contributed by atoms with van der Waals surface area (Å²) in [4.78, 5) is 23.6. The van der Waals surface area contributed by atoms with Crippen molar-refractivity contribution in [3.05, 3.63) is 23.8 Å². The third kappa shape index (κ3) is 3.15. The second-order valence-corrected chi connectivity index (χ2v) is 4.32. The van der Waals surface area contributed by atoms with Gasteiger partial charge in [-0.25, -0.2) is 4.79 Å². The van der Waals surface area contributed by atoms with Gasteiger partial charge in [-0.05, 0) is 31.5 Å². The molecule has 1 unspecified atom stereocenters. The van der Waals surface area contributed by atoms with E-state index in [0.717, 1.165) is 0 Å². The zero-order chi connectivity index (χ0) is 14.6. The first-order chi connectivity index (χ1) is 8.92. The lowest BCUT2D eigenvalue weighted by molar-refractivity contribution is -0.148. The van der Waals surface area contributed by atoms with Crippen LogP contribution in [-0.2, 0) is 9.59 Å². The number of phenolic OH excluding ortho intramolecular Hbond substituents is 1. The molecule has 0 aliphatic carbocycles. The first kappa shape index (κ1) is 14.8. The van der Waals surface area contributed by atoms with E-state index >= 15 is 0 Å². The Labute approximate surface area is 111 Å². The molecule has 0 saturated heterocycles. The highest BCUT2D eigenvalue weighted by molar-refractivity contribution is 5.78. The number of carboxylic acid groups (broad SMARTS) is 1. The van der Waals surface area contributed by atoms with Gasteiger partial charge in [-0.1, -0.05) is 6.07 Å². The monoisotopic (exact) mass is 267 g/mol. The molecule has 6 nitrogen and oxygen atoms in total. The van der Waals surface area contributed by atoms with Crippen LogP contribution in [-0.4, -0.2) is 40.6 Å². The molecule has 1 rings (SSSR count). The zero-order valence-electron chi connectivity index (χ0n) is 11.0. The summed E-state index contributed by atoms with van der Waals surface area (Å²) >= 11 is 0. The molecule has 0 saturated carbocycles. The average Bonchev–Trinajstić information content (AvgIpc) is 2.34. The highest BCUT2D eigenvalue weighted by Crippen LogP contribution is 2.31. The van der Waals surface area contributed by atoms with Crippen LogP contribution in [0.15, 0.2) is 18.2 Å². The molecule has 2 N–H and O–H groups in total. The Kier molecular flexibility index (Phi) is 4.74. The number of carbonyl (C=O) groups excluding carboxylic acids is 1. The van der Waals surface area contributed by atoms with E-state index in [1.807, 2.05) is 0 Å². The van der Waals surface area contributed by atoms with E-state index in [-0.39, 0.29) is 17.5 Å². The Balaban J connectivity index is 3.23. The van der Waals surface area contributed by atoms with Crippen molar-refractivity contribution in [2.75, 3.05) is 7.11 Å². The molecule has 1 atom stereocenters. The van der Waals surface area contributed by atoms with Gasteiger partial charge in [0, 0.05) is 6.04 Å². The van der Waals surface area contributed by atoms with Crippen molar-refractivity contribution in [2.24, 2.45) is 0 Å². The molecule has 0 spiro atoms. The van der Waals surface area contributed by atoms with Crippen LogP contribution < -0.4 is 4.74 Å². The number of carboxylic acids is 1. The highest BCUT2D eigenvalue weighted by atomic mass is 16.5. The summed E-state index contributed by atoms with van der Waals surface area (Å²) in [6.07, 6.45) is 0.491. The second kappa shape index (κ2) is 6.08. The van der Waals surface area contributed by atoms with Crippen LogP contribution in [0.1, 0.15) is 25.5 Å². The van der Waals surface area contributed by atoms with Crippen LogP contribution in [0.25, 0.3) is 0 Å². The van der Waals surface area contributed by atoms with Crippen molar-refractivity contribution in [1.29, 1.82) is 0 Å². The number of aliphatic carboxylic acids is 1. The second-order valence-electron chi connectivity index (χ2n) is 4.32. The largest absolute Gasteiger partial charge is 0.504 e. The molecule has 1 aromatic rings. The third-order valence-electron chi connectivity index (χ3n) is 2.77. The maximum absolute atomic E-state index is 11.4. The number of phenols is 1. The van der Waals surface area contributed by atoms with Crippen molar-refractivity contribution in [3.8, 4) is 11.5 Å². The minimum Gasteiger partial charge on any atom is -0.504 e. The molecule has 104 valence electrons. The standard InChI is InChI=1S/C13H17NO5/c1-8(2)14(7-15)12(13(17)18)9-4-5-11(19-3)10(16)6-9/h4-8,12,16H,1-3H3,(H,17,18). The maximum Gasteiger partial charge on any atom is 0.331 e. The molecule has 1 amide bonds. The molecule has 0 aliphatic rings. The van der Waals surface area contributed by atoms with Crippen LogP contribution in [0.3, 0.4) is 0 Å². The van der Waals surface area contributed by atoms with Gasteiger partial charge in [-0.15, -0.1) is 0 Å². The maximum atomic E-state index is 11.4. The Bertz CT molecular complexity index is 472. The molecule has 0 heterocycles. The molecule has 6 heteroatoms. The number of methoxy groups -OCH3 is 1. The van der Waals surface area contributed by atoms with E-state index < -0.39 is 12.0 Å². The van der Waals surface area contributed by atoms with Gasteiger partial charge in [0.1, 0.15) is 0 Å². The van der Waals surface area contributed by atoms with Gasteiger partial charge in [0.2, 0.25) is 6.41 Å². The number of carbonyl (C=O) groups is 2. The van der Waals surface area contributed by atoms with Gasteiger partial charge >= 0.3 is 5.97 Å². The number of hydrogen-bond acceptors (Lipinski definition) is 4. The van der Waals surface area contributed by atoms with Crippen molar-refractivity contribution >= 4 is 12.4 Å². The van der Waals surface area contributed by atoms with Crippen LogP contribution in [0.2, 0.25) is 0 Å². The Morgan fingerprint density at radius 1 is 1.42 bits per heavy atom. The number of benzene rings is 1. The number of aromatic hydroxyl groups is 1. The van der Waals surface area contributed by atoms with Crippen LogP contribution in [0.5, 0.6) is 11.5 Å². The Morgan fingerprint density at radius 2 is 2.05 bits per heavy atom. The summed E-state index contributed by atoms with van der Waals surface area (Å²) in [6, 6.07) is 2.84. The van der Waals surface area contributed by atoms with E-state index in [1.165, 1.54) is 30.2 Å².